The minimum absolute atomic E-state index is 0.0198. The van der Waals surface area contributed by atoms with Gasteiger partial charge in [0.15, 0.2) is 0 Å². The van der Waals surface area contributed by atoms with E-state index in [4.69, 9.17) is 0 Å². The largest absolute Gasteiger partial charge is 0.347 e. The van der Waals surface area contributed by atoms with Gasteiger partial charge in [-0.2, -0.15) is 0 Å². The van der Waals surface area contributed by atoms with Gasteiger partial charge in [-0.15, -0.1) is 11.3 Å². The van der Waals surface area contributed by atoms with Crippen molar-refractivity contribution in [2.75, 3.05) is 0 Å². The monoisotopic (exact) mass is 330 g/mol. The number of amides is 1. The van der Waals surface area contributed by atoms with E-state index in [9.17, 15) is 19.3 Å². The first-order valence-electron chi connectivity index (χ1n) is 6.74. The predicted octanol–water partition coefficient (Wildman–Crippen LogP) is 3.88. The Morgan fingerprint density at radius 1 is 1.22 bits per heavy atom. The van der Waals surface area contributed by atoms with Gasteiger partial charge in [-0.3, -0.25) is 14.9 Å². The van der Waals surface area contributed by atoms with Crippen molar-refractivity contribution >= 4 is 33.0 Å². The Morgan fingerprint density at radius 2 is 2.00 bits per heavy atom. The average molecular weight is 330 g/mol. The Morgan fingerprint density at radius 3 is 2.74 bits per heavy atom. The number of hydrogen-bond donors (Lipinski definition) is 1. The number of nitrogens with one attached hydrogen (secondary N) is 1. The van der Waals surface area contributed by atoms with E-state index >= 15 is 0 Å². The minimum atomic E-state index is -0.477. The molecule has 23 heavy (non-hydrogen) atoms. The first kappa shape index (κ1) is 15.1. The van der Waals surface area contributed by atoms with Gasteiger partial charge in [0.2, 0.25) is 0 Å². The van der Waals surface area contributed by atoms with Gasteiger partial charge in [0.1, 0.15) is 5.82 Å². The molecule has 0 spiro atoms. The summed E-state index contributed by atoms with van der Waals surface area (Å²) >= 11 is 1.24. The molecular weight excluding hydrogens is 319 g/mol. The fourth-order valence-electron chi connectivity index (χ4n) is 2.16. The van der Waals surface area contributed by atoms with Gasteiger partial charge in [0.05, 0.1) is 9.80 Å². The van der Waals surface area contributed by atoms with Crippen LogP contribution in [0.4, 0.5) is 10.1 Å². The average Bonchev–Trinajstić information content (AvgIpc) is 2.97. The van der Waals surface area contributed by atoms with E-state index in [1.165, 1.54) is 29.5 Å². The first-order chi connectivity index (χ1) is 11.0. The van der Waals surface area contributed by atoms with E-state index in [0.29, 0.717) is 15.8 Å². The van der Waals surface area contributed by atoms with Crippen LogP contribution < -0.4 is 5.32 Å². The molecule has 2 aromatic carbocycles. The standard InChI is InChI=1S/C16H11FN2O3S/c17-13-4-2-1-3-10(13)9-18-16(20)15-8-11-7-12(19(21)22)5-6-14(11)23-15/h1-8H,9H2,(H,18,20). The van der Waals surface area contributed by atoms with Crippen molar-refractivity contribution < 1.29 is 14.1 Å². The van der Waals surface area contributed by atoms with Crippen LogP contribution in [0.25, 0.3) is 10.1 Å². The lowest BCUT2D eigenvalue weighted by atomic mass is 10.2. The Balaban J connectivity index is 1.78. The Hall–Kier alpha value is -2.80. The molecular formula is C16H11FN2O3S. The van der Waals surface area contributed by atoms with Crippen LogP contribution in [0.3, 0.4) is 0 Å². The third-order valence-electron chi connectivity index (χ3n) is 3.33. The van der Waals surface area contributed by atoms with Crippen molar-refractivity contribution in [1.82, 2.24) is 5.32 Å². The molecule has 0 aliphatic rings. The number of halogens is 1. The highest BCUT2D eigenvalue weighted by molar-refractivity contribution is 7.20. The van der Waals surface area contributed by atoms with E-state index in [1.807, 2.05) is 0 Å². The molecule has 0 atom stereocenters. The van der Waals surface area contributed by atoms with E-state index in [1.54, 1.807) is 30.3 Å². The molecule has 0 aliphatic heterocycles. The van der Waals surface area contributed by atoms with Crippen molar-refractivity contribution in [3.8, 4) is 0 Å². The molecule has 0 unspecified atom stereocenters. The van der Waals surface area contributed by atoms with Crippen LogP contribution in [0.1, 0.15) is 15.2 Å². The van der Waals surface area contributed by atoms with Crippen LogP contribution in [0, 0.1) is 15.9 Å². The van der Waals surface area contributed by atoms with Crippen LogP contribution in [0.15, 0.2) is 48.5 Å². The fraction of sp³-hybridized carbons (Fsp3) is 0.0625. The molecule has 7 heteroatoms. The Kier molecular flexibility index (Phi) is 4.03. The van der Waals surface area contributed by atoms with Gasteiger partial charge >= 0.3 is 0 Å². The third kappa shape index (κ3) is 3.19. The highest BCUT2D eigenvalue weighted by atomic mass is 32.1. The van der Waals surface area contributed by atoms with E-state index < -0.39 is 4.92 Å². The van der Waals surface area contributed by atoms with Gasteiger partial charge in [-0.25, -0.2) is 4.39 Å². The molecule has 1 amide bonds. The molecule has 3 rings (SSSR count). The minimum Gasteiger partial charge on any atom is -0.347 e. The zero-order valence-corrected chi connectivity index (χ0v) is 12.6. The number of rotatable bonds is 4. The van der Waals surface area contributed by atoms with Crippen LogP contribution in [-0.2, 0) is 6.54 Å². The molecule has 0 saturated heterocycles. The smallest absolute Gasteiger partial charge is 0.270 e. The van der Waals surface area contributed by atoms with E-state index in [-0.39, 0.29) is 24.0 Å². The molecule has 0 aliphatic carbocycles. The number of carbonyl (C=O) groups excluding carboxylic acids is 1. The molecule has 0 fully saturated rings. The van der Waals surface area contributed by atoms with Gasteiger partial charge in [0, 0.05) is 34.3 Å². The maximum Gasteiger partial charge on any atom is 0.270 e. The fourth-order valence-corrected chi connectivity index (χ4v) is 3.12. The summed E-state index contributed by atoms with van der Waals surface area (Å²) in [6, 6.07) is 12.3. The molecule has 1 heterocycles. The summed E-state index contributed by atoms with van der Waals surface area (Å²) in [7, 11) is 0. The molecule has 0 saturated carbocycles. The SMILES string of the molecule is O=C(NCc1ccccc1F)c1cc2cc([N+](=O)[O-])ccc2s1. The van der Waals surface area contributed by atoms with Gasteiger partial charge in [-0.05, 0) is 18.2 Å². The van der Waals surface area contributed by atoms with Gasteiger partial charge in [0.25, 0.3) is 11.6 Å². The number of benzene rings is 2. The molecule has 1 N–H and O–H groups in total. The highest BCUT2D eigenvalue weighted by Crippen LogP contribution is 2.28. The number of nitro groups is 1. The number of nitrogens with zero attached hydrogens (tertiary/aromatic N) is 1. The number of fused-ring (bicyclic) bond motifs is 1. The number of carbonyl (C=O) groups is 1. The normalized spacial score (nSPS) is 10.7. The second-order valence-electron chi connectivity index (χ2n) is 4.86. The van der Waals surface area contributed by atoms with Crippen molar-refractivity contribution in [1.29, 1.82) is 0 Å². The zero-order chi connectivity index (χ0) is 16.4. The Labute approximate surface area is 134 Å². The van der Waals surface area contributed by atoms with Crippen LogP contribution >= 0.6 is 11.3 Å². The molecule has 0 bridgehead atoms. The van der Waals surface area contributed by atoms with Gasteiger partial charge in [-0.1, -0.05) is 18.2 Å². The zero-order valence-electron chi connectivity index (χ0n) is 11.8. The van der Waals surface area contributed by atoms with Crippen LogP contribution in [0.5, 0.6) is 0 Å². The lowest BCUT2D eigenvalue weighted by Gasteiger charge is -2.04. The second kappa shape index (κ2) is 6.13. The molecule has 5 nitrogen and oxygen atoms in total. The maximum absolute atomic E-state index is 13.5. The molecule has 0 radical (unpaired) electrons. The summed E-state index contributed by atoms with van der Waals surface area (Å²) in [6.07, 6.45) is 0. The summed E-state index contributed by atoms with van der Waals surface area (Å²) in [6.45, 7) is 0.0832. The van der Waals surface area contributed by atoms with Crippen molar-refractivity contribution in [2.24, 2.45) is 0 Å². The number of thiophene rings is 1. The molecule has 116 valence electrons. The van der Waals surface area contributed by atoms with Crippen molar-refractivity contribution in [2.45, 2.75) is 6.54 Å². The highest BCUT2D eigenvalue weighted by Gasteiger charge is 2.13. The predicted molar refractivity (Wildman–Crippen MR) is 86.0 cm³/mol. The van der Waals surface area contributed by atoms with Crippen molar-refractivity contribution in [3.05, 3.63) is 74.9 Å². The van der Waals surface area contributed by atoms with Crippen LogP contribution in [0.2, 0.25) is 0 Å². The summed E-state index contributed by atoms with van der Waals surface area (Å²) in [4.78, 5) is 22.9. The number of nitro benzene ring substituents is 1. The summed E-state index contributed by atoms with van der Waals surface area (Å²) in [5.41, 5.74) is 0.381. The maximum atomic E-state index is 13.5. The van der Waals surface area contributed by atoms with E-state index in [2.05, 4.69) is 5.32 Å². The lowest BCUT2D eigenvalue weighted by molar-refractivity contribution is -0.384. The first-order valence-corrected chi connectivity index (χ1v) is 7.56. The van der Waals surface area contributed by atoms with Crippen molar-refractivity contribution in [3.63, 3.8) is 0 Å². The summed E-state index contributed by atoms with van der Waals surface area (Å²) in [5.74, 6) is -0.711. The van der Waals surface area contributed by atoms with E-state index in [0.717, 1.165) is 4.70 Å². The molecule has 1 aromatic heterocycles. The lowest BCUT2D eigenvalue weighted by Crippen LogP contribution is -2.22. The number of hydrogen-bond acceptors (Lipinski definition) is 4. The molecule has 3 aromatic rings. The topological polar surface area (TPSA) is 72.2 Å². The second-order valence-corrected chi connectivity index (χ2v) is 5.95. The summed E-state index contributed by atoms with van der Waals surface area (Å²) in [5, 5.41) is 14.1. The van der Waals surface area contributed by atoms with Crippen LogP contribution in [-0.4, -0.2) is 10.8 Å². The quantitative estimate of drug-likeness (QED) is 0.583. The van der Waals surface area contributed by atoms with Gasteiger partial charge < -0.3 is 5.32 Å². The Bertz CT molecular complexity index is 907. The number of non-ortho nitro benzene ring substituents is 1. The third-order valence-corrected chi connectivity index (χ3v) is 4.45. The summed E-state index contributed by atoms with van der Waals surface area (Å²) < 4.78 is 14.3.